The van der Waals surface area contributed by atoms with Gasteiger partial charge in [0.05, 0.1) is 17.6 Å². The number of para-hydroxylation sites is 1. The first-order chi connectivity index (χ1) is 24.3. The topological polar surface area (TPSA) is 140 Å². The highest BCUT2D eigenvalue weighted by molar-refractivity contribution is 5.92. The zero-order valence-corrected chi connectivity index (χ0v) is 32.2. The van der Waals surface area contributed by atoms with Crippen molar-refractivity contribution in [2.24, 2.45) is 0 Å². The van der Waals surface area contributed by atoms with Gasteiger partial charge < -0.3 is 30.2 Å². The Hall–Kier alpha value is -4.58. The fourth-order valence-electron chi connectivity index (χ4n) is 6.34. The number of unbranched alkanes of at least 4 members (excludes halogenated alkanes) is 1. The van der Waals surface area contributed by atoms with E-state index in [0.29, 0.717) is 44.3 Å². The molecule has 3 aromatic rings. The summed E-state index contributed by atoms with van der Waals surface area (Å²) in [5, 5.41) is 9.92. The molecule has 284 valence electrons. The van der Waals surface area contributed by atoms with Gasteiger partial charge in [0, 0.05) is 37.3 Å². The number of piperazine rings is 1. The number of carbonyl (C=O) groups excluding carboxylic acids is 4. The second-order valence-corrected chi connectivity index (χ2v) is 16.4. The van der Waals surface area contributed by atoms with E-state index in [2.05, 4.69) is 20.9 Å². The number of hydrogen-bond acceptors (Lipinski definition) is 8. The van der Waals surface area contributed by atoms with Crippen molar-refractivity contribution in [2.45, 2.75) is 129 Å². The highest BCUT2D eigenvalue weighted by Crippen LogP contribution is 2.28. The van der Waals surface area contributed by atoms with E-state index in [0.717, 1.165) is 16.5 Å². The van der Waals surface area contributed by atoms with Crippen LogP contribution in [0.2, 0.25) is 0 Å². The van der Waals surface area contributed by atoms with Crippen LogP contribution < -0.4 is 16.0 Å². The Labute approximate surface area is 307 Å². The van der Waals surface area contributed by atoms with Crippen LogP contribution in [0.15, 0.2) is 60.8 Å². The number of nitrogens with zero attached hydrogens (tertiary/aromatic N) is 2. The van der Waals surface area contributed by atoms with E-state index in [1.54, 1.807) is 6.20 Å². The lowest BCUT2D eigenvalue weighted by molar-refractivity contribution is -0.132. The number of benzene rings is 2. The van der Waals surface area contributed by atoms with E-state index in [4.69, 9.17) is 14.2 Å². The van der Waals surface area contributed by atoms with Crippen LogP contribution in [0.3, 0.4) is 0 Å². The number of hydrogen-bond donors (Lipinski definition) is 3. The summed E-state index contributed by atoms with van der Waals surface area (Å²) in [6.07, 6.45) is 2.42. The highest BCUT2D eigenvalue weighted by Gasteiger charge is 2.41. The molecule has 1 fully saturated rings. The number of nitrogens with one attached hydrogen (secondary N) is 3. The van der Waals surface area contributed by atoms with Crippen LogP contribution in [-0.4, -0.2) is 81.7 Å². The predicted octanol–water partition coefficient (Wildman–Crippen LogP) is 6.92. The Balaban J connectivity index is 1.66. The number of ether oxygens (including phenoxy) is 3. The zero-order valence-electron chi connectivity index (χ0n) is 32.2. The molecule has 0 aliphatic carbocycles. The molecule has 0 spiro atoms. The number of carbonyl (C=O) groups is 4. The Kier molecular flexibility index (Phi) is 13.0. The SMILES string of the molecule is CC(C)(C)OC(=O)NCCCC[C@H]1C(=O)NC[C@@H]([C@H](Cc2cn(C(=O)OC(C)(C)C)c3ccccc23)NC(=O)OC(C)(C)C)N1Cc1ccccc1. The summed E-state index contributed by atoms with van der Waals surface area (Å²) in [4.78, 5) is 54.8. The molecule has 2 aromatic carbocycles. The Morgan fingerprint density at radius 3 is 2.10 bits per heavy atom. The fraction of sp³-hybridized carbons (Fsp3) is 0.550. The van der Waals surface area contributed by atoms with E-state index in [-0.39, 0.29) is 18.5 Å². The predicted molar refractivity (Wildman–Crippen MR) is 201 cm³/mol. The lowest BCUT2D eigenvalue weighted by Gasteiger charge is -2.45. The monoisotopic (exact) mass is 719 g/mol. The average Bonchev–Trinajstić information content (AvgIpc) is 3.38. The van der Waals surface area contributed by atoms with Crippen LogP contribution in [0.25, 0.3) is 10.9 Å². The third-order valence-electron chi connectivity index (χ3n) is 8.39. The maximum Gasteiger partial charge on any atom is 0.419 e. The molecular weight excluding hydrogens is 662 g/mol. The Bertz CT molecular complexity index is 1680. The summed E-state index contributed by atoms with van der Waals surface area (Å²) in [5.41, 5.74) is 0.537. The number of rotatable bonds is 11. The van der Waals surface area contributed by atoms with Gasteiger partial charge in [0.1, 0.15) is 16.8 Å². The molecule has 3 N–H and O–H groups in total. The summed E-state index contributed by atoms with van der Waals surface area (Å²) in [6, 6.07) is 16.1. The van der Waals surface area contributed by atoms with Gasteiger partial charge >= 0.3 is 18.3 Å². The van der Waals surface area contributed by atoms with Gasteiger partial charge in [-0.1, -0.05) is 48.5 Å². The second-order valence-electron chi connectivity index (χ2n) is 16.4. The van der Waals surface area contributed by atoms with Crippen molar-refractivity contribution in [3.8, 4) is 0 Å². The molecule has 12 heteroatoms. The van der Waals surface area contributed by atoms with Crippen molar-refractivity contribution >= 4 is 35.1 Å². The van der Waals surface area contributed by atoms with Crippen molar-refractivity contribution in [2.75, 3.05) is 13.1 Å². The molecule has 1 aromatic heterocycles. The number of alkyl carbamates (subject to hydrolysis) is 2. The number of fused-ring (bicyclic) bond motifs is 1. The largest absolute Gasteiger partial charge is 0.444 e. The van der Waals surface area contributed by atoms with Crippen LogP contribution in [-0.2, 0) is 32.0 Å². The minimum Gasteiger partial charge on any atom is -0.444 e. The van der Waals surface area contributed by atoms with Crippen LogP contribution >= 0.6 is 0 Å². The molecule has 2 heterocycles. The normalized spacial score (nSPS) is 17.6. The van der Waals surface area contributed by atoms with Crippen molar-refractivity contribution in [3.63, 3.8) is 0 Å². The van der Waals surface area contributed by atoms with Crippen LogP contribution in [0.5, 0.6) is 0 Å². The van der Waals surface area contributed by atoms with Crippen LogP contribution in [0.1, 0.15) is 92.7 Å². The molecule has 4 rings (SSSR count). The lowest BCUT2D eigenvalue weighted by atomic mass is 9.92. The van der Waals surface area contributed by atoms with Crippen molar-refractivity contribution in [1.29, 1.82) is 0 Å². The minimum atomic E-state index is -0.734. The molecule has 3 amide bonds. The first-order valence-corrected chi connectivity index (χ1v) is 18.2. The van der Waals surface area contributed by atoms with Crippen molar-refractivity contribution in [1.82, 2.24) is 25.4 Å². The highest BCUT2D eigenvalue weighted by atomic mass is 16.6. The van der Waals surface area contributed by atoms with Crippen LogP contribution in [0, 0.1) is 0 Å². The summed E-state index contributed by atoms with van der Waals surface area (Å²) in [5.74, 6) is -0.0928. The molecule has 52 heavy (non-hydrogen) atoms. The maximum atomic E-state index is 13.6. The quantitative estimate of drug-likeness (QED) is 0.143. The Morgan fingerprint density at radius 1 is 0.827 bits per heavy atom. The summed E-state index contributed by atoms with van der Waals surface area (Å²) < 4.78 is 18.3. The van der Waals surface area contributed by atoms with Gasteiger partial charge in [-0.25, -0.2) is 14.4 Å². The lowest BCUT2D eigenvalue weighted by Crippen LogP contribution is -2.66. The van der Waals surface area contributed by atoms with E-state index >= 15 is 0 Å². The van der Waals surface area contributed by atoms with E-state index in [1.165, 1.54) is 4.57 Å². The second kappa shape index (κ2) is 16.8. The smallest absolute Gasteiger partial charge is 0.419 e. The molecule has 0 bridgehead atoms. The fourth-order valence-corrected chi connectivity index (χ4v) is 6.34. The molecule has 0 unspecified atom stereocenters. The molecular formula is C40H57N5O7. The first kappa shape index (κ1) is 40.2. The zero-order chi connectivity index (χ0) is 38.3. The van der Waals surface area contributed by atoms with Gasteiger partial charge in [0.25, 0.3) is 0 Å². The molecule has 0 saturated carbocycles. The van der Waals surface area contributed by atoms with Gasteiger partial charge in [-0.2, -0.15) is 0 Å². The third-order valence-corrected chi connectivity index (χ3v) is 8.39. The molecule has 0 radical (unpaired) electrons. The van der Waals surface area contributed by atoms with Crippen molar-refractivity contribution < 1.29 is 33.4 Å². The average molecular weight is 720 g/mol. The summed E-state index contributed by atoms with van der Waals surface area (Å²) in [6.45, 7) is 17.5. The first-order valence-electron chi connectivity index (χ1n) is 18.2. The molecule has 1 saturated heterocycles. The summed E-state index contributed by atoms with van der Waals surface area (Å²) in [7, 11) is 0. The minimum absolute atomic E-state index is 0.0928. The molecule has 1 aliphatic heterocycles. The number of amides is 3. The Morgan fingerprint density at radius 2 is 1.44 bits per heavy atom. The van der Waals surface area contributed by atoms with Gasteiger partial charge in [0.2, 0.25) is 5.91 Å². The number of aromatic nitrogens is 1. The summed E-state index contributed by atoms with van der Waals surface area (Å²) >= 11 is 0. The molecule has 3 atom stereocenters. The van der Waals surface area contributed by atoms with E-state index in [1.807, 2.05) is 117 Å². The van der Waals surface area contributed by atoms with Gasteiger partial charge in [0.15, 0.2) is 0 Å². The van der Waals surface area contributed by atoms with Crippen molar-refractivity contribution in [3.05, 3.63) is 71.9 Å². The standard InChI is InChI=1S/C40H57N5O7/c1-38(2,3)50-35(47)41-22-16-15-21-32-34(46)42-24-33(44(32)25-27-17-11-10-12-18-27)30(43-36(48)51-39(4,5)6)23-28-26-45(37(49)52-40(7,8)9)31-20-14-13-19-29(28)31/h10-14,17-20,26,30,32-33H,15-16,21-25H2,1-9H3,(H,41,47)(H,42,46)(H,43,48)/t30-,32-,33-/m0/s1. The van der Waals surface area contributed by atoms with Gasteiger partial charge in [-0.3, -0.25) is 14.3 Å². The molecule has 12 nitrogen and oxygen atoms in total. The van der Waals surface area contributed by atoms with Gasteiger partial charge in [-0.05, 0) is 105 Å². The van der Waals surface area contributed by atoms with E-state index in [9.17, 15) is 19.2 Å². The third kappa shape index (κ3) is 12.0. The van der Waals surface area contributed by atoms with Gasteiger partial charge in [-0.15, -0.1) is 0 Å². The molecule has 1 aliphatic rings. The maximum absolute atomic E-state index is 13.6. The van der Waals surface area contributed by atoms with E-state index < -0.39 is 47.2 Å². The van der Waals surface area contributed by atoms with Crippen LogP contribution in [0.4, 0.5) is 14.4 Å².